The van der Waals surface area contributed by atoms with Gasteiger partial charge in [0.2, 0.25) is 22.8 Å². The van der Waals surface area contributed by atoms with Crippen LogP contribution in [0.15, 0.2) is 48.5 Å². The van der Waals surface area contributed by atoms with Crippen molar-refractivity contribution in [1.82, 2.24) is 0 Å². The third-order valence-electron chi connectivity index (χ3n) is 4.40. The molecule has 28 heavy (non-hydrogen) atoms. The molecule has 0 aliphatic carbocycles. The fourth-order valence-electron chi connectivity index (χ4n) is 2.64. The van der Waals surface area contributed by atoms with E-state index in [-0.39, 0.29) is 0 Å². The minimum atomic E-state index is -4.14. The Morgan fingerprint density at radius 2 is 0.893 bits per heavy atom. The zero-order chi connectivity index (χ0) is 21.3. The summed E-state index contributed by atoms with van der Waals surface area (Å²) in [5.41, 5.74) is -7.81. The Morgan fingerprint density at radius 3 is 1.11 bits per heavy atom. The summed E-state index contributed by atoms with van der Waals surface area (Å²) in [5, 5.41) is 44.4. The van der Waals surface area contributed by atoms with Gasteiger partial charge < -0.3 is 30.0 Å². The van der Waals surface area contributed by atoms with Gasteiger partial charge in [0.15, 0.2) is 0 Å². The van der Waals surface area contributed by atoms with Crippen LogP contribution in [0.25, 0.3) is 0 Å². The highest BCUT2D eigenvalue weighted by molar-refractivity contribution is 6.27. The minimum Gasteiger partial charge on any atom is -0.546 e. The summed E-state index contributed by atoms with van der Waals surface area (Å²) in [4.78, 5) is 48.7. The molecule has 0 saturated heterocycles. The van der Waals surface area contributed by atoms with E-state index < -0.39 is 45.8 Å². The van der Waals surface area contributed by atoms with Crippen molar-refractivity contribution >= 4 is 23.5 Å². The van der Waals surface area contributed by atoms with Gasteiger partial charge in [-0.2, -0.15) is 0 Å². The smallest absolute Gasteiger partial charge is 0.209 e. The largest absolute Gasteiger partial charge is 0.546 e. The van der Waals surface area contributed by atoms with Crippen molar-refractivity contribution in [2.24, 2.45) is 0 Å². The zero-order valence-electron chi connectivity index (χ0n) is 15.0. The molecule has 0 aliphatic rings. The lowest BCUT2D eigenvalue weighted by atomic mass is 9.73. The number of rotatable bonds is 7. The highest BCUT2D eigenvalue weighted by Gasteiger charge is 2.62. The maximum atomic E-state index is 12.7. The third kappa shape index (κ3) is 3.19. The van der Waals surface area contributed by atoms with Gasteiger partial charge in [0, 0.05) is 11.1 Å². The summed E-state index contributed by atoms with van der Waals surface area (Å²) in [6, 6.07) is 10.0. The van der Waals surface area contributed by atoms with Crippen LogP contribution in [-0.2, 0) is 9.59 Å². The predicted molar refractivity (Wildman–Crippen MR) is 90.9 cm³/mol. The molecule has 2 unspecified atom stereocenters. The van der Waals surface area contributed by atoms with Crippen LogP contribution in [0.2, 0.25) is 0 Å². The van der Waals surface area contributed by atoms with E-state index in [2.05, 4.69) is 0 Å². The van der Waals surface area contributed by atoms with Crippen molar-refractivity contribution in [3.8, 4) is 0 Å². The summed E-state index contributed by atoms with van der Waals surface area (Å²) in [6.45, 7) is 3.33. The van der Waals surface area contributed by atoms with Gasteiger partial charge in [-0.05, 0) is 13.8 Å². The number of carboxylic acids is 2. The van der Waals surface area contributed by atoms with Gasteiger partial charge in [0.25, 0.3) is 0 Å². The SMILES string of the molecule is Cc1ccc(C(=O)C(O)(C(=O)[O-])C(O)(C(=O)[O-])C(=O)c2ccc(C)cc2)cc1. The van der Waals surface area contributed by atoms with E-state index in [1.54, 1.807) is 13.8 Å². The summed E-state index contributed by atoms with van der Waals surface area (Å²) < 4.78 is 0. The second-order valence-electron chi connectivity index (χ2n) is 6.39. The summed E-state index contributed by atoms with van der Waals surface area (Å²) >= 11 is 0. The molecule has 2 aromatic rings. The molecule has 8 heteroatoms. The van der Waals surface area contributed by atoms with Crippen LogP contribution in [0.1, 0.15) is 31.8 Å². The van der Waals surface area contributed by atoms with Crippen molar-refractivity contribution in [2.45, 2.75) is 25.0 Å². The molecule has 0 heterocycles. The van der Waals surface area contributed by atoms with Crippen molar-refractivity contribution in [1.29, 1.82) is 0 Å². The molecule has 2 atom stereocenters. The van der Waals surface area contributed by atoms with Crippen LogP contribution in [0.5, 0.6) is 0 Å². The van der Waals surface area contributed by atoms with E-state index in [1.165, 1.54) is 24.3 Å². The van der Waals surface area contributed by atoms with Gasteiger partial charge in [0.05, 0.1) is 11.9 Å². The molecule has 0 radical (unpaired) electrons. The van der Waals surface area contributed by atoms with Gasteiger partial charge in [-0.1, -0.05) is 59.7 Å². The molecular weight excluding hydrogens is 368 g/mol. The van der Waals surface area contributed by atoms with Crippen LogP contribution in [0.4, 0.5) is 0 Å². The van der Waals surface area contributed by atoms with Gasteiger partial charge in [-0.25, -0.2) is 0 Å². The van der Waals surface area contributed by atoms with E-state index in [1.807, 2.05) is 0 Å². The lowest BCUT2D eigenvalue weighted by Crippen LogP contribution is -2.76. The van der Waals surface area contributed by atoms with Crippen LogP contribution in [-0.4, -0.2) is 44.9 Å². The van der Waals surface area contributed by atoms with Crippen LogP contribution < -0.4 is 10.2 Å². The first kappa shape index (κ1) is 20.9. The Balaban J connectivity index is 2.69. The number of carboxylic acid groups (broad SMARTS) is 2. The number of aryl methyl sites for hydroxylation is 2. The monoisotopic (exact) mass is 384 g/mol. The molecule has 2 N–H and O–H groups in total. The first-order chi connectivity index (χ1) is 13.0. The van der Waals surface area contributed by atoms with E-state index in [0.29, 0.717) is 11.1 Å². The van der Waals surface area contributed by atoms with Crippen molar-refractivity contribution in [3.05, 3.63) is 70.8 Å². The second-order valence-corrected chi connectivity index (χ2v) is 6.39. The molecule has 0 fully saturated rings. The van der Waals surface area contributed by atoms with Crippen molar-refractivity contribution in [2.75, 3.05) is 0 Å². The molecule has 0 bridgehead atoms. The number of aliphatic carboxylic acids is 2. The highest BCUT2D eigenvalue weighted by Crippen LogP contribution is 2.30. The molecule has 0 spiro atoms. The molecule has 0 aromatic heterocycles. The molecular formula is C20H16O8-2. The van der Waals surface area contributed by atoms with E-state index in [0.717, 1.165) is 24.3 Å². The number of hydrogen-bond acceptors (Lipinski definition) is 8. The topological polar surface area (TPSA) is 155 Å². The Labute approximate surface area is 159 Å². The van der Waals surface area contributed by atoms with Crippen LogP contribution in [0, 0.1) is 13.8 Å². The summed E-state index contributed by atoms with van der Waals surface area (Å²) in [5.74, 6) is -8.80. The van der Waals surface area contributed by atoms with Gasteiger partial charge >= 0.3 is 0 Å². The van der Waals surface area contributed by atoms with Crippen molar-refractivity contribution < 1.29 is 39.6 Å². The Bertz CT molecular complexity index is 866. The Kier molecular flexibility index (Phi) is 5.49. The maximum absolute atomic E-state index is 12.7. The highest BCUT2D eigenvalue weighted by atomic mass is 16.5. The third-order valence-corrected chi connectivity index (χ3v) is 4.40. The molecule has 0 saturated carbocycles. The number of carbonyl (C=O) groups excluding carboxylic acids is 4. The zero-order valence-corrected chi connectivity index (χ0v) is 15.0. The lowest BCUT2D eigenvalue weighted by molar-refractivity contribution is -0.346. The van der Waals surface area contributed by atoms with E-state index in [4.69, 9.17) is 0 Å². The number of ketones is 2. The van der Waals surface area contributed by atoms with Gasteiger partial charge in [-0.3, -0.25) is 9.59 Å². The Morgan fingerprint density at radius 1 is 0.643 bits per heavy atom. The average Bonchev–Trinajstić information content (AvgIpc) is 2.66. The first-order valence-electron chi connectivity index (χ1n) is 8.06. The fourth-order valence-corrected chi connectivity index (χ4v) is 2.64. The van der Waals surface area contributed by atoms with Crippen LogP contribution >= 0.6 is 0 Å². The molecule has 0 aliphatic heterocycles. The van der Waals surface area contributed by atoms with E-state index >= 15 is 0 Å². The standard InChI is InChI=1S/C20H18O8/c1-11-3-7-13(8-4-11)15(21)19(27,17(23)24)20(28,18(25)26)16(22)14-9-5-12(2)6-10-14/h3-10,27-28H,1-2H3,(H,23,24)(H,25,26)/p-2. The molecule has 2 rings (SSSR count). The minimum absolute atomic E-state index is 0.450. The molecule has 2 aromatic carbocycles. The van der Waals surface area contributed by atoms with Gasteiger partial charge in [-0.15, -0.1) is 0 Å². The number of hydrogen-bond donors (Lipinski definition) is 2. The molecule has 0 amide bonds. The quantitative estimate of drug-likeness (QED) is 0.424. The lowest BCUT2D eigenvalue weighted by Gasteiger charge is -2.42. The number of benzene rings is 2. The normalized spacial score (nSPS) is 15.1. The predicted octanol–water partition coefficient (Wildman–Crippen LogP) is -1.67. The Hall–Kier alpha value is -3.36. The summed E-state index contributed by atoms with van der Waals surface area (Å²) in [7, 11) is 0. The fraction of sp³-hybridized carbons (Fsp3) is 0.200. The van der Waals surface area contributed by atoms with Gasteiger partial charge in [0.1, 0.15) is 0 Å². The average molecular weight is 384 g/mol. The van der Waals surface area contributed by atoms with Crippen molar-refractivity contribution in [3.63, 3.8) is 0 Å². The molecule has 146 valence electrons. The summed E-state index contributed by atoms with van der Waals surface area (Å²) in [6.07, 6.45) is 0. The maximum Gasteiger partial charge on any atom is 0.209 e. The number of aliphatic hydroxyl groups is 2. The molecule has 8 nitrogen and oxygen atoms in total. The number of carbonyl (C=O) groups is 4. The van der Waals surface area contributed by atoms with E-state index in [9.17, 15) is 39.6 Å². The number of Topliss-reactive ketones (excluding diaryl/α,β-unsaturated/α-hetero) is 2. The second kappa shape index (κ2) is 7.34. The van der Waals surface area contributed by atoms with Crippen LogP contribution in [0.3, 0.4) is 0 Å². The first-order valence-corrected chi connectivity index (χ1v) is 8.06.